The van der Waals surface area contributed by atoms with Crippen molar-refractivity contribution in [1.29, 1.82) is 5.26 Å². The van der Waals surface area contributed by atoms with Gasteiger partial charge in [0.2, 0.25) is 0 Å². The van der Waals surface area contributed by atoms with Crippen LogP contribution in [-0.2, 0) is 10.0 Å². The third-order valence-corrected chi connectivity index (χ3v) is 6.52. The van der Waals surface area contributed by atoms with Gasteiger partial charge in [0, 0.05) is 17.1 Å². The van der Waals surface area contributed by atoms with E-state index < -0.39 is 10.0 Å². The van der Waals surface area contributed by atoms with Crippen LogP contribution in [0.2, 0.25) is 0 Å². The van der Waals surface area contributed by atoms with E-state index in [2.05, 4.69) is 12.6 Å². The minimum atomic E-state index is -3.74. The molecule has 0 aliphatic carbocycles. The van der Waals surface area contributed by atoms with Crippen LogP contribution in [0.4, 0.5) is 0 Å². The molecule has 0 saturated heterocycles. The zero-order valence-corrected chi connectivity index (χ0v) is 17.1. The highest BCUT2D eigenvalue weighted by Gasteiger charge is 2.20. The second-order valence-electron chi connectivity index (χ2n) is 6.79. The number of aromatic nitrogens is 1. The molecule has 0 fully saturated rings. The Labute approximate surface area is 175 Å². The van der Waals surface area contributed by atoms with Crippen LogP contribution in [0.15, 0.2) is 84.4 Å². The van der Waals surface area contributed by atoms with E-state index in [-0.39, 0.29) is 4.90 Å². The average Bonchev–Trinajstić information content (AvgIpc) is 3.19. The molecule has 6 heteroatoms. The number of hydrogen-bond donors (Lipinski definition) is 0. The zero-order chi connectivity index (χ0) is 21.3. The molecular weight excluding hydrogens is 396 g/mol. The van der Waals surface area contributed by atoms with E-state index in [1.54, 1.807) is 72.8 Å². The van der Waals surface area contributed by atoms with Crippen LogP contribution in [0.5, 0.6) is 11.5 Å². The van der Waals surface area contributed by atoms with Crippen molar-refractivity contribution in [2.24, 2.45) is 0 Å². The first-order chi connectivity index (χ1) is 14.4. The van der Waals surface area contributed by atoms with Crippen LogP contribution in [0.3, 0.4) is 0 Å². The molecule has 4 aromatic rings. The van der Waals surface area contributed by atoms with Crippen molar-refractivity contribution in [1.82, 2.24) is 3.97 Å². The molecule has 0 aliphatic heterocycles. The monoisotopic (exact) mass is 414 g/mol. The lowest BCUT2D eigenvalue weighted by Crippen LogP contribution is -2.11. The third kappa shape index (κ3) is 3.36. The molecule has 0 N–H and O–H groups in total. The maximum absolute atomic E-state index is 13.1. The van der Waals surface area contributed by atoms with Crippen molar-refractivity contribution >= 4 is 27.0 Å². The van der Waals surface area contributed by atoms with E-state index in [1.807, 2.05) is 6.92 Å². The van der Waals surface area contributed by atoms with Crippen molar-refractivity contribution < 1.29 is 13.2 Å². The van der Waals surface area contributed by atoms with Gasteiger partial charge in [0.25, 0.3) is 10.0 Å². The van der Waals surface area contributed by atoms with E-state index >= 15 is 0 Å². The Morgan fingerprint density at radius 2 is 1.83 bits per heavy atom. The second-order valence-corrected chi connectivity index (χ2v) is 8.60. The van der Waals surface area contributed by atoms with Crippen molar-refractivity contribution in [3.63, 3.8) is 0 Å². The van der Waals surface area contributed by atoms with Gasteiger partial charge in [-0.25, -0.2) is 12.4 Å². The normalized spacial score (nSPS) is 11.2. The summed E-state index contributed by atoms with van der Waals surface area (Å²) in [6.07, 6.45) is 3.17. The SMILES string of the molecule is C=Cc1c(Oc2cccc(C#N)c2)ccc2c1ccn2S(=O)(=O)c1ccc(C)cc1. The molecule has 3 aromatic carbocycles. The number of ether oxygens (including phenoxy) is 1. The standard InChI is InChI=1S/C24H18N2O3S/c1-3-21-22-13-14-26(30(27,28)20-9-7-17(2)8-10-20)23(22)11-12-24(21)29-19-6-4-5-18(15-19)16-25/h3-15H,1H2,2H3. The van der Waals surface area contributed by atoms with E-state index in [0.29, 0.717) is 33.5 Å². The van der Waals surface area contributed by atoms with Gasteiger partial charge < -0.3 is 4.74 Å². The Hall–Kier alpha value is -3.82. The molecule has 0 aliphatic rings. The summed E-state index contributed by atoms with van der Waals surface area (Å²) in [5.41, 5.74) is 2.68. The van der Waals surface area contributed by atoms with E-state index in [0.717, 1.165) is 5.56 Å². The summed E-state index contributed by atoms with van der Waals surface area (Å²) in [5.74, 6) is 1.04. The summed E-state index contributed by atoms with van der Waals surface area (Å²) < 4.78 is 33.5. The van der Waals surface area contributed by atoms with Crippen molar-refractivity contribution in [3.8, 4) is 17.6 Å². The molecule has 1 heterocycles. The lowest BCUT2D eigenvalue weighted by atomic mass is 10.1. The molecule has 0 spiro atoms. The number of nitriles is 1. The molecule has 4 rings (SSSR count). The lowest BCUT2D eigenvalue weighted by molar-refractivity contribution is 0.482. The van der Waals surface area contributed by atoms with Gasteiger partial charge in [-0.05, 0) is 55.5 Å². The van der Waals surface area contributed by atoms with Gasteiger partial charge >= 0.3 is 0 Å². The predicted octanol–water partition coefficient (Wildman–Crippen LogP) is 5.49. The van der Waals surface area contributed by atoms with E-state index in [9.17, 15) is 8.42 Å². The first-order valence-corrected chi connectivity index (χ1v) is 10.6. The molecule has 0 amide bonds. The van der Waals surface area contributed by atoms with Gasteiger partial charge in [0.05, 0.1) is 22.0 Å². The number of hydrogen-bond acceptors (Lipinski definition) is 4. The zero-order valence-electron chi connectivity index (χ0n) is 16.2. The number of aryl methyl sites for hydroxylation is 1. The fourth-order valence-corrected chi connectivity index (χ4v) is 4.63. The molecule has 0 atom stereocenters. The van der Waals surface area contributed by atoms with Gasteiger partial charge in [0.1, 0.15) is 11.5 Å². The molecule has 0 saturated carbocycles. The Morgan fingerprint density at radius 3 is 2.53 bits per heavy atom. The highest BCUT2D eigenvalue weighted by molar-refractivity contribution is 7.90. The molecule has 0 radical (unpaired) electrons. The highest BCUT2D eigenvalue weighted by Crippen LogP contribution is 2.34. The minimum absolute atomic E-state index is 0.222. The van der Waals surface area contributed by atoms with Gasteiger partial charge in [0.15, 0.2) is 0 Å². The summed E-state index contributed by atoms with van der Waals surface area (Å²) >= 11 is 0. The third-order valence-electron chi connectivity index (χ3n) is 4.81. The van der Waals surface area contributed by atoms with Gasteiger partial charge in [-0.3, -0.25) is 0 Å². The van der Waals surface area contributed by atoms with Crippen LogP contribution in [0.1, 0.15) is 16.7 Å². The molecule has 0 bridgehead atoms. The van der Waals surface area contributed by atoms with Crippen LogP contribution in [0.25, 0.3) is 17.0 Å². The first-order valence-electron chi connectivity index (χ1n) is 9.21. The number of benzene rings is 3. The molecular formula is C24H18N2O3S. The maximum atomic E-state index is 13.1. The quantitative estimate of drug-likeness (QED) is 0.433. The van der Waals surface area contributed by atoms with Crippen LogP contribution >= 0.6 is 0 Å². The molecule has 30 heavy (non-hydrogen) atoms. The van der Waals surface area contributed by atoms with Crippen LogP contribution < -0.4 is 4.74 Å². The van der Waals surface area contributed by atoms with Gasteiger partial charge in [-0.15, -0.1) is 0 Å². The van der Waals surface area contributed by atoms with Crippen molar-refractivity contribution in [2.75, 3.05) is 0 Å². The highest BCUT2D eigenvalue weighted by atomic mass is 32.2. The molecule has 0 unspecified atom stereocenters. The van der Waals surface area contributed by atoms with Gasteiger partial charge in [-0.2, -0.15) is 5.26 Å². The van der Waals surface area contributed by atoms with Gasteiger partial charge in [-0.1, -0.05) is 36.4 Å². The topological polar surface area (TPSA) is 72.1 Å². The van der Waals surface area contributed by atoms with E-state index in [1.165, 1.54) is 10.2 Å². The van der Waals surface area contributed by atoms with Crippen molar-refractivity contribution in [2.45, 2.75) is 11.8 Å². The first kappa shape index (κ1) is 19.5. The minimum Gasteiger partial charge on any atom is -0.457 e. The summed E-state index contributed by atoms with van der Waals surface area (Å²) in [6.45, 7) is 5.77. The summed E-state index contributed by atoms with van der Waals surface area (Å²) in [6, 6.07) is 20.8. The molecule has 1 aromatic heterocycles. The van der Waals surface area contributed by atoms with Crippen LogP contribution in [-0.4, -0.2) is 12.4 Å². The number of nitrogens with zero attached hydrogens (tertiary/aromatic N) is 2. The Kier molecular flexibility index (Phi) is 4.90. The molecule has 5 nitrogen and oxygen atoms in total. The molecule has 148 valence electrons. The average molecular weight is 414 g/mol. The fourth-order valence-electron chi connectivity index (χ4n) is 3.28. The smallest absolute Gasteiger partial charge is 0.268 e. The predicted molar refractivity (Wildman–Crippen MR) is 117 cm³/mol. The summed E-state index contributed by atoms with van der Waals surface area (Å²) in [5, 5.41) is 9.78. The fraction of sp³-hybridized carbons (Fsp3) is 0.0417. The Balaban J connectivity index is 1.80. The van der Waals surface area contributed by atoms with Crippen LogP contribution in [0, 0.1) is 18.3 Å². The number of fused-ring (bicyclic) bond motifs is 1. The summed E-state index contributed by atoms with van der Waals surface area (Å²) in [7, 11) is -3.74. The largest absolute Gasteiger partial charge is 0.457 e. The summed E-state index contributed by atoms with van der Waals surface area (Å²) in [4.78, 5) is 0.222. The number of rotatable bonds is 5. The Bertz CT molecular complexity index is 1410. The Morgan fingerprint density at radius 1 is 1.07 bits per heavy atom. The second kappa shape index (κ2) is 7.54. The van der Waals surface area contributed by atoms with E-state index in [4.69, 9.17) is 10.00 Å². The maximum Gasteiger partial charge on any atom is 0.268 e. The van der Waals surface area contributed by atoms with Crippen molar-refractivity contribution in [3.05, 3.63) is 96.2 Å². The lowest BCUT2D eigenvalue weighted by Gasteiger charge is -2.12.